The van der Waals surface area contributed by atoms with Crippen LogP contribution in [-0.2, 0) is 6.54 Å². The number of hydrogen-bond donors (Lipinski definition) is 1. The zero-order valence-electron chi connectivity index (χ0n) is 11.5. The minimum atomic E-state index is 0.492. The van der Waals surface area contributed by atoms with E-state index in [1.54, 1.807) is 0 Å². The smallest absolute Gasteiger partial charge is 0.0412 e. The molecule has 0 heterocycles. The average molecular weight is 267 g/mol. The number of benzene rings is 1. The van der Waals surface area contributed by atoms with Crippen molar-refractivity contribution in [2.24, 2.45) is 0 Å². The Hall–Kier alpha value is -0.730. The molecule has 18 heavy (non-hydrogen) atoms. The van der Waals surface area contributed by atoms with Gasteiger partial charge in [-0.25, -0.2) is 0 Å². The summed E-state index contributed by atoms with van der Waals surface area (Å²) in [5.41, 5.74) is 2.61. The summed E-state index contributed by atoms with van der Waals surface area (Å²) in [6.07, 6.45) is 3.99. The third kappa shape index (κ3) is 3.18. The highest BCUT2D eigenvalue weighted by atomic mass is 35.5. The molecule has 0 aromatic heterocycles. The first-order chi connectivity index (χ1) is 8.58. The van der Waals surface area contributed by atoms with Gasteiger partial charge in [0.2, 0.25) is 0 Å². The summed E-state index contributed by atoms with van der Waals surface area (Å²) in [4.78, 5) is 2.41. The molecule has 3 heteroatoms. The van der Waals surface area contributed by atoms with Crippen molar-refractivity contribution >= 4 is 17.3 Å². The second kappa shape index (κ2) is 5.94. The van der Waals surface area contributed by atoms with E-state index in [0.717, 1.165) is 11.6 Å². The quantitative estimate of drug-likeness (QED) is 0.871. The summed E-state index contributed by atoms with van der Waals surface area (Å²) in [6, 6.07) is 7.43. The number of nitrogens with zero attached hydrogens (tertiary/aromatic N) is 1. The number of halogens is 1. The molecule has 0 amide bonds. The van der Waals surface area contributed by atoms with Gasteiger partial charge in [-0.3, -0.25) is 0 Å². The maximum absolute atomic E-state index is 6.12. The van der Waals surface area contributed by atoms with Crippen molar-refractivity contribution < 1.29 is 0 Å². The lowest BCUT2D eigenvalue weighted by Gasteiger charge is -2.37. The van der Waals surface area contributed by atoms with E-state index in [1.807, 2.05) is 6.07 Å². The van der Waals surface area contributed by atoms with E-state index in [-0.39, 0.29) is 0 Å². The zero-order valence-corrected chi connectivity index (χ0v) is 12.3. The van der Waals surface area contributed by atoms with Crippen LogP contribution < -0.4 is 10.2 Å². The van der Waals surface area contributed by atoms with Crippen LogP contribution in [0.1, 0.15) is 38.7 Å². The first-order valence-corrected chi connectivity index (χ1v) is 7.20. The third-order valence-electron chi connectivity index (χ3n) is 3.74. The Labute approximate surface area is 115 Å². The van der Waals surface area contributed by atoms with Crippen molar-refractivity contribution in [2.45, 2.75) is 51.7 Å². The van der Waals surface area contributed by atoms with Gasteiger partial charge in [0.05, 0.1) is 0 Å². The molecule has 2 rings (SSSR count). The molecule has 1 N–H and O–H groups in total. The molecule has 0 bridgehead atoms. The normalized spacial score (nSPS) is 15.8. The Morgan fingerprint density at radius 1 is 1.39 bits per heavy atom. The molecular weight excluding hydrogens is 244 g/mol. The van der Waals surface area contributed by atoms with Crippen molar-refractivity contribution in [3.05, 3.63) is 28.8 Å². The average Bonchev–Trinajstić information content (AvgIpc) is 2.23. The van der Waals surface area contributed by atoms with Gasteiger partial charge in [-0.05, 0) is 43.0 Å². The highest BCUT2D eigenvalue weighted by molar-refractivity contribution is 6.30. The lowest BCUT2D eigenvalue weighted by molar-refractivity contribution is 0.400. The van der Waals surface area contributed by atoms with Gasteiger partial charge >= 0.3 is 0 Å². The topological polar surface area (TPSA) is 15.3 Å². The molecular formula is C15H23ClN2. The van der Waals surface area contributed by atoms with E-state index in [2.05, 4.69) is 43.2 Å². The van der Waals surface area contributed by atoms with Crippen LogP contribution in [0.25, 0.3) is 0 Å². The minimum absolute atomic E-state index is 0.492. The lowest BCUT2D eigenvalue weighted by atomic mass is 9.91. The monoisotopic (exact) mass is 266 g/mol. The summed E-state index contributed by atoms with van der Waals surface area (Å²) in [5, 5.41) is 4.29. The van der Waals surface area contributed by atoms with Crippen molar-refractivity contribution in [1.82, 2.24) is 5.32 Å². The SMILES string of the molecule is CC(C)NCc1cc(Cl)ccc1N(C)C1CCC1. The standard InChI is InChI=1S/C15H23ClN2/c1-11(2)17-10-12-9-13(16)7-8-15(12)18(3)14-5-4-6-14/h7-9,11,14,17H,4-6,10H2,1-3H3. The molecule has 100 valence electrons. The number of nitrogens with one attached hydrogen (secondary N) is 1. The molecule has 0 unspecified atom stereocenters. The molecule has 0 radical (unpaired) electrons. The van der Waals surface area contributed by atoms with Crippen LogP contribution in [-0.4, -0.2) is 19.1 Å². The van der Waals surface area contributed by atoms with Crippen LogP contribution in [0.5, 0.6) is 0 Å². The number of anilines is 1. The highest BCUT2D eigenvalue weighted by Gasteiger charge is 2.23. The van der Waals surface area contributed by atoms with Gasteiger partial charge in [0.1, 0.15) is 0 Å². The molecule has 0 atom stereocenters. The molecule has 1 saturated carbocycles. The second-order valence-corrected chi connectivity index (χ2v) is 5.94. The Morgan fingerprint density at radius 2 is 2.11 bits per heavy atom. The number of hydrogen-bond acceptors (Lipinski definition) is 2. The van der Waals surface area contributed by atoms with Gasteiger partial charge in [0.15, 0.2) is 0 Å². The molecule has 1 fully saturated rings. The minimum Gasteiger partial charge on any atom is -0.371 e. The van der Waals surface area contributed by atoms with E-state index in [9.17, 15) is 0 Å². The van der Waals surface area contributed by atoms with Gasteiger partial charge in [-0.15, -0.1) is 0 Å². The number of rotatable bonds is 5. The first kappa shape index (κ1) is 13.7. The Balaban J connectivity index is 2.16. The van der Waals surface area contributed by atoms with Crippen molar-refractivity contribution in [3.8, 4) is 0 Å². The van der Waals surface area contributed by atoms with Gasteiger partial charge in [-0.1, -0.05) is 25.4 Å². The van der Waals surface area contributed by atoms with Crippen molar-refractivity contribution in [2.75, 3.05) is 11.9 Å². The van der Waals surface area contributed by atoms with Crippen molar-refractivity contribution in [3.63, 3.8) is 0 Å². The van der Waals surface area contributed by atoms with E-state index >= 15 is 0 Å². The lowest BCUT2D eigenvalue weighted by Crippen LogP contribution is -2.38. The van der Waals surface area contributed by atoms with E-state index in [1.165, 1.54) is 30.5 Å². The van der Waals surface area contributed by atoms with Crippen molar-refractivity contribution in [1.29, 1.82) is 0 Å². The third-order valence-corrected chi connectivity index (χ3v) is 3.98. The van der Waals surface area contributed by atoms with Crippen LogP contribution in [0, 0.1) is 0 Å². The summed E-state index contributed by atoms with van der Waals surface area (Å²) < 4.78 is 0. The van der Waals surface area contributed by atoms with Gasteiger partial charge < -0.3 is 10.2 Å². The maximum atomic E-state index is 6.12. The fraction of sp³-hybridized carbons (Fsp3) is 0.600. The van der Waals surface area contributed by atoms with E-state index in [4.69, 9.17) is 11.6 Å². The predicted octanol–water partition coefficient (Wildman–Crippen LogP) is 3.83. The molecule has 2 nitrogen and oxygen atoms in total. The van der Waals surface area contributed by atoms with Crippen LogP contribution >= 0.6 is 11.6 Å². The Morgan fingerprint density at radius 3 is 2.67 bits per heavy atom. The highest BCUT2D eigenvalue weighted by Crippen LogP contribution is 2.31. The predicted molar refractivity (Wildman–Crippen MR) is 79.5 cm³/mol. The largest absolute Gasteiger partial charge is 0.371 e. The first-order valence-electron chi connectivity index (χ1n) is 6.82. The van der Waals surface area contributed by atoms with Crippen LogP contribution in [0.4, 0.5) is 5.69 Å². The Kier molecular flexibility index (Phi) is 4.52. The van der Waals surface area contributed by atoms with Crippen LogP contribution in [0.2, 0.25) is 5.02 Å². The van der Waals surface area contributed by atoms with Gasteiger partial charge in [0.25, 0.3) is 0 Å². The molecule has 0 spiro atoms. The van der Waals surface area contributed by atoms with Gasteiger partial charge in [0, 0.05) is 36.4 Å². The fourth-order valence-electron chi connectivity index (χ4n) is 2.32. The molecule has 0 aliphatic heterocycles. The fourth-order valence-corrected chi connectivity index (χ4v) is 2.52. The molecule has 1 aliphatic carbocycles. The molecule has 1 aromatic carbocycles. The maximum Gasteiger partial charge on any atom is 0.0412 e. The summed E-state index contributed by atoms with van der Waals surface area (Å²) in [5.74, 6) is 0. The summed E-state index contributed by atoms with van der Waals surface area (Å²) in [6.45, 7) is 5.21. The summed E-state index contributed by atoms with van der Waals surface area (Å²) >= 11 is 6.12. The van der Waals surface area contributed by atoms with Gasteiger partial charge in [-0.2, -0.15) is 0 Å². The van der Waals surface area contributed by atoms with E-state index in [0.29, 0.717) is 12.1 Å². The Bertz CT molecular complexity index is 399. The molecule has 0 saturated heterocycles. The molecule has 1 aliphatic rings. The van der Waals surface area contributed by atoms with E-state index < -0.39 is 0 Å². The van der Waals surface area contributed by atoms with Crippen LogP contribution in [0.3, 0.4) is 0 Å². The molecule has 1 aromatic rings. The zero-order chi connectivity index (χ0) is 13.1. The van der Waals surface area contributed by atoms with Crippen LogP contribution in [0.15, 0.2) is 18.2 Å². The summed E-state index contributed by atoms with van der Waals surface area (Å²) in [7, 11) is 2.20. The second-order valence-electron chi connectivity index (χ2n) is 5.50.